The Labute approximate surface area is 409 Å². The van der Waals surface area contributed by atoms with E-state index in [2.05, 4.69) is 0 Å². The van der Waals surface area contributed by atoms with E-state index >= 15 is 0 Å². The van der Waals surface area contributed by atoms with Crippen molar-refractivity contribution in [3.63, 3.8) is 0 Å². The lowest BCUT2D eigenvalue weighted by atomic mass is 9.96. The van der Waals surface area contributed by atoms with Gasteiger partial charge in [-0.05, 0) is 34.7 Å². The van der Waals surface area contributed by atoms with Gasteiger partial charge in [-0.15, -0.1) is 0 Å². The lowest BCUT2D eigenvalue weighted by molar-refractivity contribution is -0.349. The predicted octanol–water partition coefficient (Wildman–Crippen LogP) is 7.63. The fourth-order valence-corrected chi connectivity index (χ4v) is 8.32. The van der Waals surface area contributed by atoms with Crippen molar-refractivity contribution in [1.82, 2.24) is 0 Å². The summed E-state index contributed by atoms with van der Waals surface area (Å²) < 4.78 is 77.0. The van der Waals surface area contributed by atoms with Gasteiger partial charge in [0.2, 0.25) is 0 Å². The van der Waals surface area contributed by atoms with Crippen LogP contribution in [0.1, 0.15) is 54.7 Å². The predicted molar refractivity (Wildman–Crippen MR) is 253 cm³/mol. The maximum Gasteiger partial charge on any atom is 0.339 e. The monoisotopic (exact) mass is 962 g/mol. The van der Waals surface area contributed by atoms with E-state index in [1.165, 1.54) is 21.0 Å². The van der Waals surface area contributed by atoms with Crippen LogP contribution in [-0.4, -0.2) is 106 Å². The molecular weight excluding hydrogens is 901 g/mol. The molecule has 70 heavy (non-hydrogen) atoms. The molecule has 0 saturated carbocycles. The topological polar surface area (TPSA) is 162 Å². The van der Waals surface area contributed by atoms with Crippen LogP contribution in [0.2, 0.25) is 0 Å². The highest BCUT2D eigenvalue weighted by Crippen LogP contribution is 2.36. The number of rotatable bonds is 24. The van der Waals surface area contributed by atoms with Crippen LogP contribution in [0.15, 0.2) is 152 Å². The number of ether oxygens (including phenoxy) is 12. The molecule has 5 aromatic carbocycles. The molecule has 372 valence electrons. The average Bonchev–Trinajstić information content (AvgIpc) is 3.38. The van der Waals surface area contributed by atoms with Crippen molar-refractivity contribution >= 4 is 17.9 Å². The van der Waals surface area contributed by atoms with Crippen molar-refractivity contribution < 1.29 is 71.2 Å². The van der Waals surface area contributed by atoms with Crippen LogP contribution < -0.4 is 0 Å². The van der Waals surface area contributed by atoms with Gasteiger partial charge in [0, 0.05) is 21.0 Å². The molecule has 0 amide bonds. The second kappa shape index (κ2) is 26.9. The molecule has 11 atom stereocenters. The van der Waals surface area contributed by atoms with Crippen LogP contribution >= 0.6 is 0 Å². The average molecular weight is 963 g/mol. The van der Waals surface area contributed by atoms with Crippen molar-refractivity contribution in [2.24, 2.45) is 0 Å². The first-order valence-corrected chi connectivity index (χ1v) is 23.5. The first-order valence-electron chi connectivity index (χ1n) is 23.5. The van der Waals surface area contributed by atoms with E-state index < -0.39 is 85.4 Å². The van der Waals surface area contributed by atoms with Crippen LogP contribution in [0.4, 0.5) is 0 Å². The summed E-state index contributed by atoms with van der Waals surface area (Å²) in [6, 6.07) is 47.3. The van der Waals surface area contributed by atoms with Gasteiger partial charge in [-0.25, -0.2) is 4.79 Å². The van der Waals surface area contributed by atoms with Gasteiger partial charge in [0.05, 0.1) is 39.6 Å². The van der Waals surface area contributed by atoms with Crippen molar-refractivity contribution in [1.29, 1.82) is 0 Å². The van der Waals surface area contributed by atoms with Crippen LogP contribution in [0.3, 0.4) is 0 Å². The maximum atomic E-state index is 13.9. The SMILES string of the molecule is CCOC(=O)[C@H](O[C@H]1[C@H](OC[C@H]2O[C@H](OC)[C@H](OCc3ccccc3)[C@@H](OCc3ccccc3)[C@@H]2OCc2ccccc2)O[C@H](COC(C)=O)[C@@H](OCc2ccccc2)[C@@H]1OC(C)=O)c1ccccc1. The van der Waals surface area contributed by atoms with Gasteiger partial charge in [-0.1, -0.05) is 152 Å². The molecule has 2 saturated heterocycles. The smallest absolute Gasteiger partial charge is 0.339 e. The summed E-state index contributed by atoms with van der Waals surface area (Å²) in [6.07, 6.45) is -12.0. The summed E-state index contributed by atoms with van der Waals surface area (Å²) in [7, 11) is 1.52. The Kier molecular flexibility index (Phi) is 20.0. The molecule has 15 nitrogen and oxygen atoms in total. The molecule has 2 heterocycles. The second-order valence-electron chi connectivity index (χ2n) is 16.7. The molecule has 7 rings (SSSR count). The molecule has 5 aromatic rings. The molecule has 15 heteroatoms. The summed E-state index contributed by atoms with van der Waals surface area (Å²) in [4.78, 5) is 39.4. The normalized spacial score (nSPS) is 24.8. The van der Waals surface area contributed by atoms with Crippen molar-refractivity contribution in [2.75, 3.05) is 26.9 Å². The van der Waals surface area contributed by atoms with Crippen molar-refractivity contribution in [2.45, 2.75) is 115 Å². The van der Waals surface area contributed by atoms with Gasteiger partial charge in [-0.2, -0.15) is 0 Å². The molecule has 0 bridgehead atoms. The van der Waals surface area contributed by atoms with Crippen LogP contribution in [-0.2, 0) is 97.7 Å². The summed E-state index contributed by atoms with van der Waals surface area (Å²) in [5, 5.41) is 0. The molecular formula is C55H62O15. The maximum absolute atomic E-state index is 13.9. The fraction of sp³-hybridized carbons (Fsp3) is 0.400. The van der Waals surface area contributed by atoms with Gasteiger partial charge < -0.3 is 56.8 Å². The molecule has 2 aliphatic heterocycles. The van der Waals surface area contributed by atoms with E-state index in [9.17, 15) is 14.4 Å². The summed E-state index contributed by atoms with van der Waals surface area (Å²) in [5.41, 5.74) is 4.01. The zero-order valence-electron chi connectivity index (χ0n) is 39.9. The first kappa shape index (κ1) is 52.0. The highest BCUT2D eigenvalue weighted by molar-refractivity contribution is 5.76. The molecule has 0 unspecified atom stereocenters. The van der Waals surface area contributed by atoms with E-state index in [4.69, 9.17) is 56.8 Å². The summed E-state index contributed by atoms with van der Waals surface area (Å²) >= 11 is 0. The minimum Gasteiger partial charge on any atom is -0.464 e. The number of carbonyl (C=O) groups is 3. The minimum atomic E-state index is -1.43. The Morgan fingerprint density at radius 1 is 0.471 bits per heavy atom. The van der Waals surface area contributed by atoms with E-state index in [1.54, 1.807) is 37.3 Å². The third-order valence-electron chi connectivity index (χ3n) is 11.6. The number of hydrogen-bond acceptors (Lipinski definition) is 15. The fourth-order valence-electron chi connectivity index (χ4n) is 8.32. The van der Waals surface area contributed by atoms with Gasteiger partial charge in [0.25, 0.3) is 0 Å². The van der Waals surface area contributed by atoms with E-state index in [1.807, 2.05) is 121 Å². The Morgan fingerprint density at radius 3 is 1.36 bits per heavy atom. The summed E-state index contributed by atoms with van der Waals surface area (Å²) in [5.74, 6) is -1.97. The van der Waals surface area contributed by atoms with Gasteiger partial charge >= 0.3 is 17.9 Å². The van der Waals surface area contributed by atoms with Gasteiger partial charge in [0.15, 0.2) is 24.8 Å². The molecule has 2 aliphatic rings. The van der Waals surface area contributed by atoms with E-state index in [0.717, 1.165) is 22.3 Å². The highest BCUT2D eigenvalue weighted by atomic mass is 16.8. The first-order chi connectivity index (χ1) is 34.2. The molecule has 2 fully saturated rings. The Bertz CT molecular complexity index is 2310. The van der Waals surface area contributed by atoms with E-state index in [-0.39, 0.29) is 46.2 Å². The number of carbonyl (C=O) groups excluding carboxylic acids is 3. The van der Waals surface area contributed by atoms with Crippen LogP contribution in [0, 0.1) is 0 Å². The number of esters is 3. The zero-order valence-corrected chi connectivity index (χ0v) is 39.9. The van der Waals surface area contributed by atoms with Crippen molar-refractivity contribution in [3.8, 4) is 0 Å². The van der Waals surface area contributed by atoms with Crippen LogP contribution in [0.5, 0.6) is 0 Å². The van der Waals surface area contributed by atoms with E-state index in [0.29, 0.717) is 5.56 Å². The zero-order chi connectivity index (χ0) is 49.1. The number of benzene rings is 5. The Hall–Kier alpha value is -5.85. The van der Waals surface area contributed by atoms with Gasteiger partial charge in [-0.3, -0.25) is 9.59 Å². The molecule has 0 aromatic heterocycles. The summed E-state index contributed by atoms with van der Waals surface area (Å²) in [6.45, 7) is 4.34. The standard InChI is InChI=1S/C55H62O15/c1-5-60-53(58)46(43-29-19-10-20-30-43)70-52-50(67-38(3)57)48(63-32-40-23-13-7-14-24-40)44(35-61-37(2)56)69-55(52)66-36-45-47(62-31-39-21-11-6-12-22-39)49(64-33-41-25-15-8-16-26-41)51(54(59-4)68-45)65-34-42-27-17-9-18-28-42/h6-30,44-52,54-55H,5,31-36H2,1-4H3/t44-,45-,46-,47-,48-,49+,50+,51-,52-,54+,55-/m1/s1. The Balaban J connectivity index is 1.26. The lowest BCUT2D eigenvalue weighted by Gasteiger charge is -2.47. The van der Waals surface area contributed by atoms with Crippen LogP contribution in [0.25, 0.3) is 0 Å². The number of hydrogen-bond donors (Lipinski definition) is 0. The van der Waals surface area contributed by atoms with Gasteiger partial charge in [0.1, 0.15) is 49.3 Å². The minimum absolute atomic E-state index is 0.0497. The molecule has 0 N–H and O–H groups in total. The third-order valence-corrected chi connectivity index (χ3v) is 11.6. The third kappa shape index (κ3) is 14.8. The molecule has 0 aliphatic carbocycles. The second-order valence-corrected chi connectivity index (χ2v) is 16.7. The Morgan fingerprint density at radius 2 is 0.900 bits per heavy atom. The van der Waals surface area contributed by atoms with Crippen molar-refractivity contribution in [3.05, 3.63) is 179 Å². The number of methoxy groups -OCH3 is 1. The molecule has 0 spiro atoms. The largest absolute Gasteiger partial charge is 0.464 e. The lowest BCUT2D eigenvalue weighted by Crippen LogP contribution is -2.64. The highest BCUT2D eigenvalue weighted by Gasteiger charge is 2.54. The quantitative estimate of drug-likeness (QED) is 0.0438. The molecule has 0 radical (unpaired) electrons.